The zero-order valence-corrected chi connectivity index (χ0v) is 12.8. The topological polar surface area (TPSA) is 76.4 Å². The highest BCUT2D eigenvalue weighted by atomic mass is 16.6. The summed E-state index contributed by atoms with van der Waals surface area (Å²) in [4.78, 5) is 11.7. The highest BCUT2D eigenvalue weighted by Crippen LogP contribution is 2.36. The van der Waals surface area contributed by atoms with Crippen LogP contribution < -0.4 is 16.4 Å². The maximum Gasteiger partial charge on any atom is 0.407 e. The lowest BCUT2D eigenvalue weighted by Gasteiger charge is -2.27. The number of hydrogen-bond acceptors (Lipinski definition) is 4. The lowest BCUT2D eigenvalue weighted by molar-refractivity contribution is 0.0498. The van der Waals surface area contributed by atoms with Gasteiger partial charge in [-0.2, -0.15) is 0 Å². The molecule has 4 unspecified atom stereocenters. The van der Waals surface area contributed by atoms with Crippen LogP contribution in [0.25, 0.3) is 0 Å². The van der Waals surface area contributed by atoms with Gasteiger partial charge in [-0.05, 0) is 52.5 Å². The molecule has 0 bridgehead atoms. The first-order valence-electron chi connectivity index (χ1n) is 7.16. The Morgan fingerprint density at radius 1 is 1.47 bits per heavy atom. The van der Waals surface area contributed by atoms with E-state index < -0.39 is 5.60 Å². The average Bonchev–Trinajstić information content (AvgIpc) is 2.92. The third-order valence-electron chi connectivity index (χ3n) is 3.52. The van der Waals surface area contributed by atoms with Crippen LogP contribution in [0.2, 0.25) is 0 Å². The first-order chi connectivity index (χ1) is 8.73. The molecule has 0 aromatic carbocycles. The lowest BCUT2D eigenvalue weighted by atomic mass is 10.1. The van der Waals surface area contributed by atoms with Crippen molar-refractivity contribution in [2.45, 2.75) is 58.7 Å². The molecule has 5 nitrogen and oxygen atoms in total. The van der Waals surface area contributed by atoms with Gasteiger partial charge in [0.2, 0.25) is 0 Å². The van der Waals surface area contributed by atoms with Gasteiger partial charge in [0.05, 0.1) is 0 Å². The molecule has 1 amide bonds. The summed E-state index contributed by atoms with van der Waals surface area (Å²) < 4.78 is 5.24. The molecule has 0 aromatic heterocycles. The number of hydrogen-bond donors (Lipinski definition) is 3. The van der Waals surface area contributed by atoms with E-state index in [1.807, 2.05) is 27.7 Å². The van der Waals surface area contributed by atoms with Gasteiger partial charge in [-0.1, -0.05) is 6.92 Å². The van der Waals surface area contributed by atoms with E-state index in [0.29, 0.717) is 6.54 Å². The van der Waals surface area contributed by atoms with Crippen molar-refractivity contribution in [3.8, 4) is 0 Å². The maximum atomic E-state index is 11.7. The summed E-state index contributed by atoms with van der Waals surface area (Å²) in [5.74, 6) is 1.59. The SMILES string of the molecule is CC1CC1CNC(CN)C(C)NC(=O)OC(C)(C)C. The molecule has 112 valence electrons. The highest BCUT2D eigenvalue weighted by Gasteiger charge is 2.33. The largest absolute Gasteiger partial charge is 0.444 e. The molecule has 0 saturated heterocycles. The van der Waals surface area contributed by atoms with E-state index in [9.17, 15) is 4.79 Å². The number of rotatable bonds is 6. The van der Waals surface area contributed by atoms with Crippen molar-refractivity contribution < 1.29 is 9.53 Å². The van der Waals surface area contributed by atoms with E-state index in [0.717, 1.165) is 18.4 Å². The average molecular weight is 271 g/mol. The molecule has 1 saturated carbocycles. The van der Waals surface area contributed by atoms with Crippen LogP contribution in [-0.2, 0) is 4.74 Å². The minimum atomic E-state index is -0.473. The summed E-state index contributed by atoms with van der Waals surface area (Å²) >= 11 is 0. The Morgan fingerprint density at radius 3 is 2.47 bits per heavy atom. The fraction of sp³-hybridized carbons (Fsp3) is 0.929. The van der Waals surface area contributed by atoms with Crippen molar-refractivity contribution in [2.75, 3.05) is 13.1 Å². The third-order valence-corrected chi connectivity index (χ3v) is 3.52. The third kappa shape index (κ3) is 6.25. The smallest absolute Gasteiger partial charge is 0.407 e. The number of amides is 1. The monoisotopic (exact) mass is 271 g/mol. The molecule has 0 radical (unpaired) electrons. The molecule has 4 atom stereocenters. The molecule has 1 rings (SSSR count). The lowest BCUT2D eigenvalue weighted by Crippen LogP contribution is -2.53. The standard InChI is InChI=1S/C14H29N3O2/c1-9-6-11(9)8-16-12(7-15)10(2)17-13(18)19-14(3,4)5/h9-12,16H,6-8,15H2,1-5H3,(H,17,18). The summed E-state index contributed by atoms with van der Waals surface area (Å²) in [7, 11) is 0. The summed E-state index contributed by atoms with van der Waals surface area (Å²) in [6.07, 6.45) is 0.901. The van der Waals surface area contributed by atoms with Crippen LogP contribution in [0.3, 0.4) is 0 Å². The van der Waals surface area contributed by atoms with Crippen LogP contribution in [0, 0.1) is 11.8 Å². The van der Waals surface area contributed by atoms with Crippen molar-refractivity contribution in [2.24, 2.45) is 17.6 Å². The summed E-state index contributed by atoms with van der Waals surface area (Å²) in [5, 5.41) is 6.27. The zero-order valence-electron chi connectivity index (χ0n) is 12.8. The molecule has 1 aliphatic carbocycles. The molecule has 0 heterocycles. The van der Waals surface area contributed by atoms with Crippen LogP contribution >= 0.6 is 0 Å². The zero-order chi connectivity index (χ0) is 14.6. The van der Waals surface area contributed by atoms with Gasteiger partial charge in [0, 0.05) is 18.6 Å². The van der Waals surface area contributed by atoms with E-state index in [1.54, 1.807) is 0 Å². The second-order valence-corrected chi connectivity index (χ2v) is 6.66. The number of alkyl carbamates (subject to hydrolysis) is 1. The molecule has 4 N–H and O–H groups in total. The number of nitrogens with one attached hydrogen (secondary N) is 2. The van der Waals surface area contributed by atoms with Gasteiger partial charge in [0.15, 0.2) is 0 Å². The first-order valence-corrected chi connectivity index (χ1v) is 7.16. The van der Waals surface area contributed by atoms with E-state index in [-0.39, 0.29) is 18.2 Å². The normalized spacial score (nSPS) is 25.6. The summed E-state index contributed by atoms with van der Waals surface area (Å²) in [6, 6.07) is 0.0363. The fourth-order valence-corrected chi connectivity index (χ4v) is 2.04. The van der Waals surface area contributed by atoms with Crippen molar-refractivity contribution in [3.63, 3.8) is 0 Å². The van der Waals surface area contributed by atoms with Gasteiger partial charge >= 0.3 is 6.09 Å². The van der Waals surface area contributed by atoms with Gasteiger partial charge in [0.1, 0.15) is 5.60 Å². The molecular weight excluding hydrogens is 242 g/mol. The second-order valence-electron chi connectivity index (χ2n) is 6.66. The van der Waals surface area contributed by atoms with Crippen LogP contribution in [-0.4, -0.2) is 36.9 Å². The molecule has 1 fully saturated rings. The predicted molar refractivity (Wildman–Crippen MR) is 76.9 cm³/mol. The van der Waals surface area contributed by atoms with Gasteiger partial charge < -0.3 is 21.1 Å². The van der Waals surface area contributed by atoms with Gasteiger partial charge in [-0.15, -0.1) is 0 Å². The van der Waals surface area contributed by atoms with Gasteiger partial charge in [-0.25, -0.2) is 4.79 Å². The van der Waals surface area contributed by atoms with Gasteiger partial charge in [-0.3, -0.25) is 0 Å². The molecule has 5 heteroatoms. The molecule has 0 aromatic rings. The molecular formula is C14H29N3O2. The van der Waals surface area contributed by atoms with Crippen LogP contribution in [0.15, 0.2) is 0 Å². The van der Waals surface area contributed by atoms with Crippen LogP contribution in [0.4, 0.5) is 4.79 Å². The second kappa shape index (κ2) is 6.57. The van der Waals surface area contributed by atoms with E-state index in [1.165, 1.54) is 6.42 Å². The van der Waals surface area contributed by atoms with E-state index in [2.05, 4.69) is 17.6 Å². The van der Waals surface area contributed by atoms with Crippen molar-refractivity contribution in [3.05, 3.63) is 0 Å². The Labute approximate surface area is 116 Å². The molecule has 1 aliphatic rings. The number of carbonyl (C=O) groups excluding carboxylic acids is 1. The Hall–Kier alpha value is -0.810. The quantitative estimate of drug-likeness (QED) is 0.684. The van der Waals surface area contributed by atoms with Crippen molar-refractivity contribution in [1.82, 2.24) is 10.6 Å². The minimum Gasteiger partial charge on any atom is -0.444 e. The summed E-state index contributed by atoms with van der Waals surface area (Å²) in [6.45, 7) is 11.2. The Morgan fingerprint density at radius 2 is 2.05 bits per heavy atom. The Kier molecular flexibility index (Phi) is 5.62. The van der Waals surface area contributed by atoms with Crippen molar-refractivity contribution >= 4 is 6.09 Å². The highest BCUT2D eigenvalue weighted by molar-refractivity contribution is 5.68. The number of ether oxygens (including phenoxy) is 1. The van der Waals surface area contributed by atoms with Crippen LogP contribution in [0.1, 0.15) is 41.0 Å². The minimum absolute atomic E-state index is 0.0473. The first kappa shape index (κ1) is 16.2. The predicted octanol–water partition coefficient (Wildman–Crippen LogP) is 1.47. The van der Waals surface area contributed by atoms with Crippen LogP contribution in [0.5, 0.6) is 0 Å². The number of carbonyl (C=O) groups is 1. The Bertz CT molecular complexity index is 302. The Balaban J connectivity index is 2.31. The van der Waals surface area contributed by atoms with E-state index in [4.69, 9.17) is 10.5 Å². The maximum absolute atomic E-state index is 11.7. The summed E-state index contributed by atoms with van der Waals surface area (Å²) in [5.41, 5.74) is 5.29. The number of nitrogens with two attached hydrogens (primary N) is 1. The molecule has 19 heavy (non-hydrogen) atoms. The van der Waals surface area contributed by atoms with E-state index >= 15 is 0 Å². The molecule has 0 aliphatic heterocycles. The fourth-order valence-electron chi connectivity index (χ4n) is 2.04. The van der Waals surface area contributed by atoms with Gasteiger partial charge in [0.25, 0.3) is 0 Å². The van der Waals surface area contributed by atoms with Crippen molar-refractivity contribution in [1.29, 1.82) is 0 Å². The molecule has 0 spiro atoms.